The number of carboxylic acid groups (broad SMARTS) is 2. The second-order valence-corrected chi connectivity index (χ2v) is 7.99. The molecule has 0 unspecified atom stereocenters. The quantitative estimate of drug-likeness (QED) is 0.690. The molecule has 2 heterocycles. The number of carboxylic acids is 2. The lowest BCUT2D eigenvalue weighted by molar-refractivity contribution is -0.141. The van der Waals surface area contributed by atoms with Crippen molar-refractivity contribution in [3.05, 3.63) is 39.7 Å². The first-order valence-electron chi connectivity index (χ1n) is 10.2. The molecule has 2 aliphatic rings. The van der Waals surface area contributed by atoms with Crippen LogP contribution in [0.25, 0.3) is 10.9 Å². The Kier molecular flexibility index (Phi) is 5.57. The van der Waals surface area contributed by atoms with Gasteiger partial charge in [0.25, 0.3) is 0 Å². The molecule has 1 saturated carbocycles. The van der Waals surface area contributed by atoms with Crippen LogP contribution in [0.5, 0.6) is 0 Å². The van der Waals surface area contributed by atoms with Gasteiger partial charge in [-0.2, -0.15) is 0 Å². The van der Waals surface area contributed by atoms with E-state index in [0.29, 0.717) is 12.8 Å². The Labute approximate surface area is 180 Å². The summed E-state index contributed by atoms with van der Waals surface area (Å²) in [6.45, 7) is 0.587. The number of carbonyl (C=O) groups excluding carboxylic acids is 1. The molecule has 1 saturated heterocycles. The Morgan fingerprint density at radius 3 is 2.25 bits per heavy atom. The monoisotopic (exact) mass is 449 g/mol. The first-order chi connectivity index (χ1) is 15.2. The van der Waals surface area contributed by atoms with Crippen LogP contribution in [0.4, 0.5) is 14.5 Å². The lowest BCUT2D eigenvalue weighted by Crippen LogP contribution is -2.49. The molecule has 1 aromatic heterocycles. The van der Waals surface area contributed by atoms with E-state index in [1.807, 2.05) is 0 Å². The van der Waals surface area contributed by atoms with Gasteiger partial charge < -0.3 is 24.6 Å². The molecule has 0 radical (unpaired) electrons. The molecule has 9 nitrogen and oxygen atoms in total. The highest BCUT2D eigenvalue weighted by atomic mass is 19.1. The lowest BCUT2D eigenvalue weighted by atomic mass is 10.1. The molecule has 4 rings (SSSR count). The van der Waals surface area contributed by atoms with Crippen LogP contribution < -0.4 is 10.3 Å². The number of hydrogen-bond acceptors (Lipinski definition) is 5. The first-order valence-corrected chi connectivity index (χ1v) is 10.2. The number of fused-ring (bicyclic) bond motifs is 1. The molecule has 1 amide bonds. The molecule has 0 spiro atoms. The topological polar surface area (TPSA) is 120 Å². The molecule has 11 heteroatoms. The van der Waals surface area contributed by atoms with Crippen LogP contribution in [0.1, 0.15) is 42.1 Å². The number of amides is 1. The Bertz CT molecular complexity index is 1180. The first kappa shape index (κ1) is 21.7. The van der Waals surface area contributed by atoms with E-state index in [4.69, 9.17) is 5.11 Å². The standard InChI is InChI=1S/C21H21F2N3O6/c22-14-9-12-18(26(11-1-2-11)10-13(20(12)30)21(31)32)17(23)19(14)25-7-5-24(6-8-25)15(27)3-4-16(28)29/h9-11H,1-8H2,(H,28,29)(H,31,32). The van der Waals surface area contributed by atoms with E-state index < -0.39 is 34.6 Å². The average molecular weight is 449 g/mol. The number of benzene rings is 1. The number of nitrogens with zero attached hydrogens (tertiary/aromatic N) is 3. The van der Waals surface area contributed by atoms with Gasteiger partial charge in [0.2, 0.25) is 11.3 Å². The second kappa shape index (κ2) is 8.21. The van der Waals surface area contributed by atoms with Crippen LogP contribution in [0.3, 0.4) is 0 Å². The van der Waals surface area contributed by atoms with Crippen molar-refractivity contribution in [1.82, 2.24) is 9.47 Å². The van der Waals surface area contributed by atoms with Crippen LogP contribution in [0.2, 0.25) is 0 Å². The summed E-state index contributed by atoms with van der Waals surface area (Å²) in [7, 11) is 0. The summed E-state index contributed by atoms with van der Waals surface area (Å²) in [5.41, 5.74) is -1.93. The molecule has 170 valence electrons. The van der Waals surface area contributed by atoms with Gasteiger partial charge in [0.1, 0.15) is 17.1 Å². The highest BCUT2D eigenvalue weighted by Crippen LogP contribution is 2.39. The van der Waals surface area contributed by atoms with E-state index in [1.54, 1.807) is 0 Å². The van der Waals surface area contributed by atoms with Crippen molar-refractivity contribution in [1.29, 1.82) is 0 Å². The fourth-order valence-electron chi connectivity index (χ4n) is 4.07. The molecule has 2 aromatic rings. The van der Waals surface area contributed by atoms with E-state index in [9.17, 15) is 28.7 Å². The third-order valence-electron chi connectivity index (χ3n) is 5.86. The predicted octanol–water partition coefficient (Wildman–Crippen LogP) is 1.83. The molecule has 1 aliphatic carbocycles. The normalized spacial score (nSPS) is 16.4. The third-order valence-corrected chi connectivity index (χ3v) is 5.86. The molecular formula is C21H21F2N3O6. The number of anilines is 1. The molecule has 0 bridgehead atoms. The van der Waals surface area contributed by atoms with Crippen LogP contribution in [0, 0.1) is 11.6 Å². The van der Waals surface area contributed by atoms with Crippen molar-refractivity contribution in [3.63, 3.8) is 0 Å². The van der Waals surface area contributed by atoms with E-state index in [0.717, 1.165) is 12.3 Å². The Balaban J connectivity index is 1.68. The fourth-order valence-corrected chi connectivity index (χ4v) is 4.07. The molecule has 0 atom stereocenters. The molecular weight excluding hydrogens is 428 g/mol. The zero-order chi connectivity index (χ0) is 23.2. The minimum atomic E-state index is -1.46. The average Bonchev–Trinajstić information content (AvgIpc) is 3.58. The molecule has 1 aliphatic heterocycles. The SMILES string of the molecule is O=C(O)CCC(=O)N1CCN(c2c(F)cc3c(=O)c(C(=O)O)cn(C4CC4)c3c2F)CC1. The van der Waals surface area contributed by atoms with Crippen LogP contribution in [0.15, 0.2) is 17.1 Å². The van der Waals surface area contributed by atoms with Crippen molar-refractivity contribution in [3.8, 4) is 0 Å². The van der Waals surface area contributed by atoms with Gasteiger partial charge >= 0.3 is 11.9 Å². The van der Waals surface area contributed by atoms with Crippen LogP contribution in [-0.2, 0) is 9.59 Å². The lowest BCUT2D eigenvalue weighted by Gasteiger charge is -2.36. The van der Waals surface area contributed by atoms with Crippen molar-refractivity contribution in [2.24, 2.45) is 0 Å². The summed E-state index contributed by atoms with van der Waals surface area (Å²) in [6, 6.07) is 0.721. The number of halogens is 2. The largest absolute Gasteiger partial charge is 0.481 e. The maximum absolute atomic E-state index is 15.6. The van der Waals surface area contributed by atoms with Gasteiger partial charge in [-0.15, -0.1) is 0 Å². The number of carbonyl (C=O) groups is 3. The van der Waals surface area contributed by atoms with E-state index in [2.05, 4.69) is 0 Å². The van der Waals surface area contributed by atoms with Crippen LogP contribution in [-0.4, -0.2) is 63.7 Å². The van der Waals surface area contributed by atoms with Gasteiger partial charge in [0.15, 0.2) is 5.82 Å². The van der Waals surface area contributed by atoms with Crippen molar-refractivity contribution in [2.45, 2.75) is 31.7 Å². The molecule has 32 heavy (non-hydrogen) atoms. The van der Waals surface area contributed by atoms with Gasteiger partial charge in [0, 0.05) is 44.8 Å². The van der Waals surface area contributed by atoms with Crippen molar-refractivity contribution < 1.29 is 33.4 Å². The minimum Gasteiger partial charge on any atom is -0.481 e. The number of aromatic carboxylic acids is 1. The smallest absolute Gasteiger partial charge is 0.341 e. The fraction of sp³-hybridized carbons (Fsp3) is 0.429. The Hall–Kier alpha value is -3.50. The third kappa shape index (κ3) is 3.90. The molecule has 2 fully saturated rings. The summed E-state index contributed by atoms with van der Waals surface area (Å²) in [5.74, 6) is -4.80. The summed E-state index contributed by atoms with van der Waals surface area (Å²) >= 11 is 0. The van der Waals surface area contributed by atoms with Crippen molar-refractivity contribution in [2.75, 3.05) is 31.1 Å². The highest BCUT2D eigenvalue weighted by molar-refractivity contribution is 5.94. The maximum Gasteiger partial charge on any atom is 0.341 e. The summed E-state index contributed by atoms with van der Waals surface area (Å²) < 4.78 is 32.0. The molecule has 1 aromatic carbocycles. The van der Waals surface area contributed by atoms with Gasteiger partial charge in [-0.05, 0) is 18.9 Å². The van der Waals surface area contributed by atoms with Crippen LogP contribution >= 0.6 is 0 Å². The number of hydrogen-bond donors (Lipinski definition) is 2. The Morgan fingerprint density at radius 1 is 1.03 bits per heavy atom. The van der Waals surface area contributed by atoms with E-state index in [-0.39, 0.29) is 67.6 Å². The second-order valence-electron chi connectivity index (χ2n) is 7.99. The highest BCUT2D eigenvalue weighted by Gasteiger charge is 2.32. The summed E-state index contributed by atoms with van der Waals surface area (Å²) in [5, 5.41) is 17.7. The zero-order valence-electron chi connectivity index (χ0n) is 17.0. The van der Waals surface area contributed by atoms with Gasteiger partial charge in [0.05, 0.1) is 17.3 Å². The van der Waals surface area contributed by atoms with Gasteiger partial charge in [-0.3, -0.25) is 14.4 Å². The van der Waals surface area contributed by atoms with E-state index >= 15 is 4.39 Å². The molecule has 2 N–H and O–H groups in total. The van der Waals surface area contributed by atoms with Gasteiger partial charge in [-0.25, -0.2) is 13.6 Å². The maximum atomic E-state index is 15.6. The minimum absolute atomic E-state index is 0.124. The van der Waals surface area contributed by atoms with E-state index in [1.165, 1.54) is 14.4 Å². The summed E-state index contributed by atoms with van der Waals surface area (Å²) in [4.78, 5) is 49.7. The number of pyridine rings is 1. The number of aromatic nitrogens is 1. The van der Waals surface area contributed by atoms with Gasteiger partial charge in [-0.1, -0.05) is 0 Å². The number of piperazine rings is 1. The number of aliphatic carboxylic acids is 1. The van der Waals surface area contributed by atoms with Crippen molar-refractivity contribution >= 4 is 34.4 Å². The predicted molar refractivity (Wildman–Crippen MR) is 109 cm³/mol. The zero-order valence-corrected chi connectivity index (χ0v) is 17.0. The Morgan fingerprint density at radius 2 is 1.69 bits per heavy atom. The number of rotatable bonds is 6. The summed E-state index contributed by atoms with van der Waals surface area (Å²) in [6.07, 6.45) is 2.08.